The molecule has 43 heavy (non-hydrogen) atoms. The number of hydrogen-bond acceptors (Lipinski definition) is 11. The van der Waals surface area contributed by atoms with E-state index >= 15 is 0 Å². The largest absolute Gasteiger partial charge is 0.487 e. The lowest BCUT2D eigenvalue weighted by Crippen LogP contribution is -2.35. The number of rotatable bonds is 11. The number of nitrogens with zero attached hydrogens (tertiary/aromatic N) is 8. The number of tetrazole rings is 1. The number of nitrogens with one attached hydrogen (secondary N) is 1. The maximum Gasteiger partial charge on any atom is 0.272 e. The van der Waals surface area contributed by atoms with E-state index in [2.05, 4.69) is 35.9 Å². The molecule has 1 aromatic carbocycles. The van der Waals surface area contributed by atoms with Gasteiger partial charge in [0, 0.05) is 30.8 Å². The molecule has 0 radical (unpaired) electrons. The molecular weight excluding hydrogens is 588 g/mol. The minimum Gasteiger partial charge on any atom is -0.487 e. The Morgan fingerprint density at radius 2 is 1.91 bits per heavy atom. The molecule has 13 nitrogen and oxygen atoms in total. The van der Waals surface area contributed by atoms with Gasteiger partial charge in [0.2, 0.25) is 5.95 Å². The van der Waals surface area contributed by atoms with Gasteiger partial charge in [0.1, 0.15) is 23.9 Å². The fourth-order valence-electron chi connectivity index (χ4n) is 5.21. The van der Waals surface area contributed by atoms with E-state index in [1.54, 1.807) is 40.1 Å². The Balaban J connectivity index is 1.14. The van der Waals surface area contributed by atoms with Crippen molar-refractivity contribution in [2.75, 3.05) is 25.1 Å². The molecule has 4 heterocycles. The lowest BCUT2D eigenvalue weighted by atomic mass is 9.90. The molecule has 1 N–H and O–H groups in total. The highest BCUT2D eigenvalue weighted by Gasteiger charge is 2.41. The second-order valence-corrected chi connectivity index (χ2v) is 10.8. The van der Waals surface area contributed by atoms with Crippen LogP contribution in [0, 0.1) is 0 Å². The molecule has 6 rings (SSSR count). The van der Waals surface area contributed by atoms with E-state index in [9.17, 15) is 8.78 Å². The topological polar surface area (TPSA) is 136 Å². The predicted molar refractivity (Wildman–Crippen MR) is 150 cm³/mol. The van der Waals surface area contributed by atoms with Gasteiger partial charge < -0.3 is 24.3 Å². The van der Waals surface area contributed by atoms with Crippen LogP contribution >= 0.6 is 11.6 Å². The quantitative estimate of drug-likeness (QED) is 0.251. The number of alkyl halides is 2. The zero-order valence-electron chi connectivity index (χ0n) is 23.3. The van der Waals surface area contributed by atoms with Crippen LogP contribution in [0.25, 0.3) is 11.1 Å². The molecule has 1 atom stereocenters. The van der Waals surface area contributed by atoms with Gasteiger partial charge in [-0.3, -0.25) is 4.68 Å². The lowest BCUT2D eigenvalue weighted by molar-refractivity contribution is -0.181. The van der Waals surface area contributed by atoms with Crippen molar-refractivity contribution < 1.29 is 27.7 Å². The van der Waals surface area contributed by atoms with Gasteiger partial charge in [0.25, 0.3) is 12.3 Å². The van der Waals surface area contributed by atoms with Gasteiger partial charge in [0.15, 0.2) is 12.4 Å². The second kappa shape index (κ2) is 12.7. The Kier molecular flexibility index (Phi) is 8.63. The summed E-state index contributed by atoms with van der Waals surface area (Å²) in [4.78, 5) is 8.85. The molecule has 16 heteroatoms. The third-order valence-corrected chi connectivity index (χ3v) is 7.59. The highest BCUT2D eigenvalue weighted by molar-refractivity contribution is 6.32. The number of ether oxygens (including phenoxy) is 4. The number of benzene rings is 1. The van der Waals surface area contributed by atoms with Crippen molar-refractivity contribution in [2.45, 2.75) is 63.5 Å². The summed E-state index contributed by atoms with van der Waals surface area (Å²) in [5.41, 5.74) is 1.90. The van der Waals surface area contributed by atoms with Crippen molar-refractivity contribution >= 4 is 23.2 Å². The van der Waals surface area contributed by atoms with Crippen molar-refractivity contribution in [3.05, 3.63) is 48.1 Å². The number of anilines is 2. The van der Waals surface area contributed by atoms with E-state index in [1.165, 1.54) is 6.33 Å². The van der Waals surface area contributed by atoms with Crippen LogP contribution in [0.3, 0.4) is 0 Å². The highest BCUT2D eigenvalue weighted by atomic mass is 35.5. The Labute approximate surface area is 250 Å². The molecule has 2 fully saturated rings. The summed E-state index contributed by atoms with van der Waals surface area (Å²) >= 11 is 6.38. The summed E-state index contributed by atoms with van der Waals surface area (Å²) in [5, 5.41) is 19.1. The maximum atomic E-state index is 13.0. The number of hydrogen-bond donors (Lipinski definition) is 1. The van der Waals surface area contributed by atoms with E-state index in [-0.39, 0.29) is 24.0 Å². The van der Waals surface area contributed by atoms with Gasteiger partial charge in [-0.25, -0.2) is 23.4 Å². The van der Waals surface area contributed by atoms with Crippen molar-refractivity contribution in [1.82, 2.24) is 40.0 Å². The van der Waals surface area contributed by atoms with Gasteiger partial charge in [-0.15, -0.1) is 10.2 Å². The fraction of sp³-hybridized carbons (Fsp3) is 0.481. The van der Waals surface area contributed by atoms with Gasteiger partial charge in [-0.05, 0) is 47.9 Å². The van der Waals surface area contributed by atoms with E-state index in [0.717, 1.165) is 36.8 Å². The van der Waals surface area contributed by atoms with E-state index in [0.29, 0.717) is 36.2 Å². The van der Waals surface area contributed by atoms with E-state index in [1.807, 2.05) is 13.0 Å². The minimum atomic E-state index is -2.64. The first-order valence-electron chi connectivity index (χ1n) is 13.9. The third kappa shape index (κ3) is 7.00. The van der Waals surface area contributed by atoms with Crippen LogP contribution in [0.1, 0.15) is 38.6 Å². The molecule has 1 saturated heterocycles. The molecule has 0 amide bonds. The Hall–Kier alpha value is -3.95. The normalized spacial score (nSPS) is 17.4. The second-order valence-electron chi connectivity index (χ2n) is 10.4. The minimum absolute atomic E-state index is 0.0445. The summed E-state index contributed by atoms with van der Waals surface area (Å²) < 4.78 is 52.2. The van der Waals surface area contributed by atoms with Crippen molar-refractivity contribution in [2.24, 2.45) is 0 Å². The zero-order valence-corrected chi connectivity index (χ0v) is 24.0. The molecule has 0 bridgehead atoms. The van der Waals surface area contributed by atoms with Crippen molar-refractivity contribution in [3.8, 4) is 22.8 Å². The molecule has 1 saturated carbocycles. The first-order chi connectivity index (χ1) is 20.9. The van der Waals surface area contributed by atoms with E-state index < -0.39 is 18.8 Å². The first-order valence-corrected chi connectivity index (χ1v) is 14.3. The standard InChI is InChI=1S/C27H30ClF2N9O4/c1-17(13-38-16-33-36-37-38)43-23-10-18(2-3-21(23)28)19-11-31-26(32-12-19)34-22-14-39(35-25(22)40-15-24(29)30)20-4-6-27(7-5-20)41-8-9-42-27/h2-3,10-12,14,16-17,20,24H,4-9,13,15H2,1H3,(H,31,32,34). The van der Waals surface area contributed by atoms with Crippen LogP contribution in [-0.4, -0.2) is 78.1 Å². The van der Waals surface area contributed by atoms with Gasteiger partial charge in [0.05, 0.1) is 37.0 Å². The SMILES string of the molecule is CC(Cn1cnnn1)Oc1cc(-c2cnc(Nc3cn(C4CCC5(CC4)OCCO5)nc3OCC(F)F)nc2)ccc1Cl. The number of halogens is 3. The van der Waals surface area contributed by atoms with Gasteiger partial charge >= 0.3 is 0 Å². The molecule has 228 valence electrons. The summed E-state index contributed by atoms with van der Waals surface area (Å²) in [6.45, 7) is 2.75. The molecule has 1 spiro atoms. The number of aromatic nitrogens is 8. The van der Waals surface area contributed by atoms with Crippen molar-refractivity contribution in [3.63, 3.8) is 0 Å². The molecule has 1 aliphatic heterocycles. The Morgan fingerprint density at radius 1 is 1.14 bits per heavy atom. The van der Waals surface area contributed by atoms with Crippen LogP contribution < -0.4 is 14.8 Å². The molecule has 2 aliphatic rings. The van der Waals surface area contributed by atoms with Crippen molar-refractivity contribution in [1.29, 1.82) is 0 Å². The van der Waals surface area contributed by atoms with E-state index in [4.69, 9.17) is 30.5 Å². The molecule has 1 unspecified atom stereocenters. The van der Waals surface area contributed by atoms with Gasteiger partial charge in [-0.2, -0.15) is 0 Å². The molecular formula is C27H30ClF2N9O4. The van der Waals surface area contributed by atoms with Crippen LogP contribution in [0.15, 0.2) is 43.1 Å². The van der Waals surface area contributed by atoms with Crippen LogP contribution in [-0.2, 0) is 16.0 Å². The average Bonchev–Trinajstić information content (AvgIpc) is 3.77. The average molecular weight is 618 g/mol. The summed E-state index contributed by atoms with van der Waals surface area (Å²) in [6.07, 6.45) is 6.62. The first kappa shape index (κ1) is 29.1. The highest BCUT2D eigenvalue weighted by Crippen LogP contribution is 2.41. The summed E-state index contributed by atoms with van der Waals surface area (Å²) in [6, 6.07) is 5.42. The fourth-order valence-corrected chi connectivity index (χ4v) is 5.37. The predicted octanol–water partition coefficient (Wildman–Crippen LogP) is 4.69. The molecule has 1 aliphatic carbocycles. The van der Waals surface area contributed by atoms with Crippen LogP contribution in [0.4, 0.5) is 20.4 Å². The lowest BCUT2D eigenvalue weighted by Gasteiger charge is -2.35. The monoisotopic (exact) mass is 617 g/mol. The molecule has 4 aromatic rings. The Bertz CT molecular complexity index is 1490. The third-order valence-electron chi connectivity index (χ3n) is 7.28. The van der Waals surface area contributed by atoms with Crippen LogP contribution in [0.5, 0.6) is 11.6 Å². The van der Waals surface area contributed by atoms with Gasteiger partial charge in [-0.1, -0.05) is 17.7 Å². The van der Waals surface area contributed by atoms with Crippen LogP contribution in [0.2, 0.25) is 5.02 Å². The smallest absolute Gasteiger partial charge is 0.272 e. The summed E-state index contributed by atoms with van der Waals surface area (Å²) in [7, 11) is 0. The maximum absolute atomic E-state index is 13.0. The zero-order chi connectivity index (χ0) is 29.8. The summed E-state index contributed by atoms with van der Waals surface area (Å²) in [5.74, 6) is 0.285. The molecule has 3 aromatic heterocycles. The Morgan fingerprint density at radius 3 is 2.60 bits per heavy atom.